The summed E-state index contributed by atoms with van der Waals surface area (Å²) in [6, 6.07) is 0. The summed E-state index contributed by atoms with van der Waals surface area (Å²) in [5.74, 6) is 0. The smallest absolute Gasteiger partial charge is 0.756 e. The molecule has 0 radical (unpaired) electrons. The van der Waals surface area contributed by atoms with Crippen LogP contribution in [0, 0.1) is 0 Å². The van der Waals surface area contributed by atoms with Crippen LogP contribution < -0.4 is 9.79 Å². The van der Waals surface area contributed by atoms with Crippen LogP contribution in [0.4, 0.5) is 0 Å². The van der Waals surface area contributed by atoms with E-state index >= 15 is 0 Å². The first-order chi connectivity index (χ1) is 8.00. The summed E-state index contributed by atoms with van der Waals surface area (Å²) in [7, 11) is -19.1. The van der Waals surface area contributed by atoms with Gasteiger partial charge in [-0.25, -0.2) is 9.13 Å². The summed E-state index contributed by atoms with van der Waals surface area (Å²) in [6.07, 6.45) is 0. The van der Waals surface area contributed by atoms with Gasteiger partial charge in [0.05, 0.1) is 0 Å². The monoisotopic (exact) mass is 430 g/mol. The van der Waals surface area contributed by atoms with Gasteiger partial charge in [0, 0.05) is 0 Å². The summed E-state index contributed by atoms with van der Waals surface area (Å²) < 4.78 is 35.3. The fourth-order valence-electron chi connectivity index (χ4n) is 0. The molecule has 10 N–H and O–H groups in total. The summed E-state index contributed by atoms with van der Waals surface area (Å²) >= 11 is 0. The number of rotatable bonds is 0. The molecule has 0 heterocycles. The van der Waals surface area contributed by atoms with E-state index in [1.54, 1.807) is 0 Å². The first-order valence-electron chi connectivity index (χ1n) is 3.10. The van der Waals surface area contributed by atoms with Gasteiger partial charge in [-0.1, -0.05) is 0 Å². The van der Waals surface area contributed by atoms with Gasteiger partial charge in [0.1, 0.15) is 0 Å². The molecule has 0 aliphatic heterocycles. The molecular formula is H10CaO16P4. The van der Waals surface area contributed by atoms with Gasteiger partial charge in [-0.3, -0.25) is 9.13 Å². The molecule has 0 aromatic rings. The average molecular weight is 430 g/mol. The molecule has 0 bridgehead atoms. The van der Waals surface area contributed by atoms with Gasteiger partial charge in [0.2, 0.25) is 0 Å². The Morgan fingerprint density at radius 3 is 0.476 bits per heavy atom. The minimum absolute atomic E-state index is 0. The van der Waals surface area contributed by atoms with Crippen molar-refractivity contribution >= 4 is 69.0 Å². The van der Waals surface area contributed by atoms with Crippen LogP contribution >= 0.6 is 31.3 Å². The molecule has 0 spiro atoms. The van der Waals surface area contributed by atoms with Crippen molar-refractivity contribution in [3.05, 3.63) is 0 Å². The Bertz CT molecular complexity index is 285. The van der Waals surface area contributed by atoms with Crippen molar-refractivity contribution < 1.29 is 77.0 Å². The third-order valence-electron chi connectivity index (χ3n) is 0. The van der Waals surface area contributed by atoms with Crippen LogP contribution in [0.25, 0.3) is 0 Å². The van der Waals surface area contributed by atoms with Crippen LogP contribution in [0.2, 0.25) is 0 Å². The molecule has 0 atom stereocenters. The van der Waals surface area contributed by atoms with Crippen molar-refractivity contribution in [3.8, 4) is 0 Å². The minimum Gasteiger partial charge on any atom is -0.756 e. The standard InChI is InChI=1S/Ca.4H3O4P/c;4*1-5(2,3)4/h;4*(H3,1,2,3,4)/q+2;;;;/p-2. The number of phosphoric acid groups is 4. The van der Waals surface area contributed by atoms with Crippen molar-refractivity contribution in [2.45, 2.75) is 0 Å². The zero-order chi connectivity index (χ0) is 18.0. The molecule has 0 unspecified atom stereocenters. The summed E-state index contributed by atoms with van der Waals surface area (Å²) in [5, 5.41) is 0. The molecule has 0 aliphatic carbocycles. The molecule has 0 aromatic carbocycles. The molecule has 0 aliphatic rings. The Morgan fingerprint density at radius 2 is 0.476 bits per heavy atom. The van der Waals surface area contributed by atoms with Crippen LogP contribution in [-0.2, 0) is 18.3 Å². The van der Waals surface area contributed by atoms with E-state index in [0.29, 0.717) is 0 Å². The Balaban J connectivity index is -0.0000000533. The van der Waals surface area contributed by atoms with E-state index in [1.165, 1.54) is 0 Å². The zero-order valence-electron chi connectivity index (χ0n) is 9.42. The fourth-order valence-corrected chi connectivity index (χ4v) is 0. The van der Waals surface area contributed by atoms with Crippen LogP contribution in [0.15, 0.2) is 0 Å². The van der Waals surface area contributed by atoms with Crippen LogP contribution in [0.3, 0.4) is 0 Å². The zero-order valence-corrected chi connectivity index (χ0v) is 15.2. The Morgan fingerprint density at radius 1 is 0.476 bits per heavy atom. The third-order valence-corrected chi connectivity index (χ3v) is 0. The molecule has 128 valence electrons. The van der Waals surface area contributed by atoms with Crippen molar-refractivity contribution in [2.24, 2.45) is 0 Å². The van der Waals surface area contributed by atoms with Gasteiger partial charge < -0.3 is 58.7 Å². The summed E-state index contributed by atoms with van der Waals surface area (Å²) in [4.78, 5) is 89.0. The molecule has 21 heavy (non-hydrogen) atoms. The van der Waals surface area contributed by atoms with Crippen LogP contribution in [-0.4, -0.2) is 86.7 Å². The van der Waals surface area contributed by atoms with Crippen molar-refractivity contribution in [1.82, 2.24) is 0 Å². The second kappa shape index (κ2) is 14.1. The molecule has 0 amide bonds. The van der Waals surface area contributed by atoms with Crippen LogP contribution in [0.1, 0.15) is 0 Å². The largest absolute Gasteiger partial charge is 2.00 e. The van der Waals surface area contributed by atoms with E-state index < -0.39 is 31.3 Å². The maximum Gasteiger partial charge on any atom is 2.00 e. The quantitative estimate of drug-likeness (QED) is 0.127. The number of hydrogen-bond donors (Lipinski definition) is 10. The molecule has 0 aromatic heterocycles. The van der Waals surface area contributed by atoms with E-state index in [1.807, 2.05) is 0 Å². The molecule has 0 saturated heterocycles. The molecule has 21 heteroatoms. The van der Waals surface area contributed by atoms with Gasteiger partial charge in [0.25, 0.3) is 15.6 Å². The Kier molecular flexibility index (Phi) is 22.9. The molecule has 0 fully saturated rings. The van der Waals surface area contributed by atoms with E-state index in [9.17, 15) is 0 Å². The van der Waals surface area contributed by atoms with Crippen molar-refractivity contribution in [2.75, 3.05) is 0 Å². The van der Waals surface area contributed by atoms with E-state index in [2.05, 4.69) is 0 Å². The molecule has 16 nitrogen and oxygen atoms in total. The Hall–Kier alpha value is 1.70. The minimum atomic E-state index is -4.89. The normalized spacial score (nSPS) is 11.2. The topological polar surface area (TPSA) is 317 Å². The first-order valence-corrected chi connectivity index (χ1v) is 9.29. The number of hydrogen-bond acceptors (Lipinski definition) is 6. The summed E-state index contributed by atoms with van der Waals surface area (Å²) in [6.45, 7) is 0. The summed E-state index contributed by atoms with van der Waals surface area (Å²) in [5.41, 5.74) is 0. The van der Waals surface area contributed by atoms with Gasteiger partial charge >= 0.3 is 53.4 Å². The Labute approximate surface area is 145 Å². The fraction of sp³-hybridized carbons (Fsp3) is 0. The predicted molar refractivity (Wildman–Crippen MR) is 58.4 cm³/mol. The van der Waals surface area contributed by atoms with Crippen LogP contribution in [0.5, 0.6) is 0 Å². The van der Waals surface area contributed by atoms with E-state index in [0.717, 1.165) is 0 Å². The SMILES string of the molecule is O=P(O)(O)O.O=P(O)(O)O.O=P([O-])(O)O.O=P([O-])(O)O.[Ca+2]. The van der Waals surface area contributed by atoms with Gasteiger partial charge in [-0.15, -0.1) is 0 Å². The average Bonchev–Trinajstić information content (AvgIpc) is 1.62. The van der Waals surface area contributed by atoms with Gasteiger partial charge in [-0.2, -0.15) is 0 Å². The third kappa shape index (κ3) is 2910. The second-order valence-electron chi connectivity index (χ2n) is 2.01. The van der Waals surface area contributed by atoms with Crippen molar-refractivity contribution in [1.29, 1.82) is 0 Å². The van der Waals surface area contributed by atoms with Gasteiger partial charge in [0.15, 0.2) is 0 Å². The molecule has 0 rings (SSSR count). The van der Waals surface area contributed by atoms with E-state index in [-0.39, 0.29) is 37.7 Å². The maximum absolute atomic E-state index is 8.88. The maximum atomic E-state index is 8.88. The van der Waals surface area contributed by atoms with Crippen molar-refractivity contribution in [3.63, 3.8) is 0 Å². The molecule has 0 saturated carbocycles. The predicted octanol–water partition coefficient (Wildman–Crippen LogP) is -5.36. The van der Waals surface area contributed by atoms with E-state index in [4.69, 9.17) is 77.0 Å². The molecular weight excluding hydrogens is 420 g/mol. The van der Waals surface area contributed by atoms with Gasteiger partial charge in [-0.05, 0) is 0 Å². The first kappa shape index (κ1) is 34.1. The second-order valence-corrected chi connectivity index (χ2v) is 6.02.